The van der Waals surface area contributed by atoms with Crippen LogP contribution in [0.1, 0.15) is 47.3 Å². The van der Waals surface area contributed by atoms with Crippen molar-refractivity contribution in [3.8, 4) is 17.4 Å². The Bertz CT molecular complexity index is 1930. The molecule has 5 saturated heterocycles. The highest BCUT2D eigenvalue weighted by atomic mass is 19.1. The van der Waals surface area contributed by atoms with Crippen LogP contribution in [0.25, 0.3) is 27.4 Å². The van der Waals surface area contributed by atoms with E-state index in [1.165, 1.54) is 22.8 Å². The number of phenolic OH excluding ortho intramolecular Hbond substituents is 1. The second kappa shape index (κ2) is 10.4. The summed E-state index contributed by atoms with van der Waals surface area (Å²) in [6, 6.07) is 7.71. The summed E-state index contributed by atoms with van der Waals surface area (Å²) in [7, 11) is 0. The number of piperidine rings is 2. The summed E-state index contributed by atoms with van der Waals surface area (Å²) in [6.07, 6.45) is 3.93. The molecule has 11 heteroatoms. The van der Waals surface area contributed by atoms with Crippen LogP contribution < -0.4 is 20.5 Å². The molecule has 2 bridgehead atoms. The summed E-state index contributed by atoms with van der Waals surface area (Å²) < 4.78 is 55.1. The van der Waals surface area contributed by atoms with Gasteiger partial charge in [-0.2, -0.15) is 9.97 Å². The number of pyridine rings is 1. The molecule has 0 spiro atoms. The van der Waals surface area contributed by atoms with E-state index in [9.17, 15) is 18.7 Å². The Kier molecular flexibility index (Phi) is 6.01. The van der Waals surface area contributed by atoms with Crippen molar-refractivity contribution in [1.29, 1.82) is 0 Å². The number of anilines is 1. The number of aryl methyl sites for hydroxylation is 1. The maximum atomic E-state index is 15.0. The highest BCUT2D eigenvalue weighted by Crippen LogP contribution is 2.41. The molecule has 0 radical (unpaired) electrons. The van der Waals surface area contributed by atoms with Crippen LogP contribution in [0.3, 0.4) is 0 Å². The fourth-order valence-electron chi connectivity index (χ4n) is 7.92. The largest absolute Gasteiger partial charge is 0.508 e. The number of piperazine rings is 1. The lowest BCUT2D eigenvalue weighted by molar-refractivity contribution is 0.107. The zero-order chi connectivity index (χ0) is 32.0. The number of rotatable bonds is 6. The number of benzene rings is 2. The van der Waals surface area contributed by atoms with E-state index >= 15 is 0 Å². The van der Waals surface area contributed by atoms with Gasteiger partial charge in [0.05, 0.1) is 19.4 Å². The molecule has 5 aliphatic rings. The molecule has 2 N–H and O–H groups in total. The third-order valence-electron chi connectivity index (χ3n) is 10.0. The van der Waals surface area contributed by atoms with Crippen molar-refractivity contribution in [2.45, 2.75) is 69.2 Å². The molecule has 230 valence electrons. The standard InChI is InChI=1S/C33H36F2N6O3/c1-2-24-26(35)7-4-19-12-23(42)13-27(28(19)24)40-11-8-25-29(31(40)43)37-32(38-30(25)41-17-21-5-6-22(41)15-36-21)44-18-33-9-3-10-39(33)16-20(34)14-33/h4,7-8,11-13,20-22,36,42H,2-3,5-6,9-10,14-18H2,1H3/t20-,21?,22?,33+/m1/s1/i18D2. The normalized spacial score (nSPS) is 27.6. The number of halogens is 2. The number of phenols is 1. The van der Waals surface area contributed by atoms with Crippen molar-refractivity contribution in [1.82, 2.24) is 24.8 Å². The average Bonchev–Trinajstić information content (AvgIpc) is 3.59. The highest BCUT2D eigenvalue weighted by molar-refractivity contribution is 5.95. The van der Waals surface area contributed by atoms with E-state index in [2.05, 4.69) is 15.2 Å². The van der Waals surface area contributed by atoms with E-state index < -0.39 is 29.6 Å². The number of hydrogen-bond donors (Lipinski definition) is 2. The number of aromatic nitrogens is 3. The van der Waals surface area contributed by atoms with Crippen molar-refractivity contribution in [3.05, 3.63) is 58.3 Å². The van der Waals surface area contributed by atoms with Gasteiger partial charge in [0, 0.05) is 55.8 Å². The lowest BCUT2D eigenvalue weighted by Gasteiger charge is -2.46. The van der Waals surface area contributed by atoms with Crippen molar-refractivity contribution in [2.24, 2.45) is 0 Å². The van der Waals surface area contributed by atoms with Crippen LogP contribution in [0, 0.1) is 5.82 Å². The zero-order valence-electron chi connectivity index (χ0n) is 26.5. The van der Waals surface area contributed by atoms with E-state index in [1.807, 2.05) is 11.8 Å². The van der Waals surface area contributed by atoms with Gasteiger partial charge in [0.2, 0.25) is 0 Å². The van der Waals surface area contributed by atoms with Crippen LogP contribution in [0.4, 0.5) is 14.6 Å². The number of nitrogens with zero attached hydrogens (tertiary/aromatic N) is 5. The molecule has 0 aliphatic carbocycles. The van der Waals surface area contributed by atoms with Crippen molar-refractivity contribution in [2.75, 3.05) is 37.6 Å². The predicted molar refractivity (Wildman–Crippen MR) is 164 cm³/mol. The Morgan fingerprint density at radius 1 is 1.23 bits per heavy atom. The quantitative estimate of drug-likeness (QED) is 0.338. The van der Waals surface area contributed by atoms with Crippen LogP contribution >= 0.6 is 0 Å². The number of hydrogen-bond acceptors (Lipinski definition) is 8. The van der Waals surface area contributed by atoms with Crippen LogP contribution in [0.5, 0.6) is 11.8 Å². The number of nitrogens with one attached hydrogen (secondary N) is 1. The van der Waals surface area contributed by atoms with Gasteiger partial charge in [-0.1, -0.05) is 13.0 Å². The minimum Gasteiger partial charge on any atom is -0.508 e. The Morgan fingerprint density at radius 3 is 2.89 bits per heavy atom. The monoisotopic (exact) mass is 604 g/mol. The number of aromatic hydroxyl groups is 1. The molecular formula is C33H36F2N6O3. The first-order valence-electron chi connectivity index (χ1n) is 16.5. The lowest BCUT2D eigenvalue weighted by Crippen LogP contribution is -2.61. The maximum absolute atomic E-state index is 15.0. The lowest BCUT2D eigenvalue weighted by atomic mass is 9.93. The molecule has 0 amide bonds. The van der Waals surface area contributed by atoms with Crippen LogP contribution in [0.15, 0.2) is 41.3 Å². The second-order valence-corrected chi connectivity index (χ2v) is 12.6. The van der Waals surface area contributed by atoms with Gasteiger partial charge in [-0.25, -0.2) is 8.78 Å². The highest BCUT2D eigenvalue weighted by Gasteiger charge is 2.49. The van der Waals surface area contributed by atoms with Gasteiger partial charge in [0.1, 0.15) is 35.6 Å². The molecule has 5 aliphatic heterocycles. The van der Waals surface area contributed by atoms with Gasteiger partial charge < -0.3 is 20.1 Å². The van der Waals surface area contributed by atoms with Gasteiger partial charge in [-0.05, 0) is 67.8 Å². The van der Waals surface area contributed by atoms with Crippen molar-refractivity contribution in [3.63, 3.8) is 0 Å². The molecule has 4 atom stereocenters. The molecule has 4 aromatic rings. The average molecular weight is 605 g/mol. The van der Waals surface area contributed by atoms with Crippen LogP contribution in [-0.4, -0.2) is 81.1 Å². The molecule has 7 heterocycles. The fraction of sp³-hybridized carbons (Fsp3) is 0.485. The third kappa shape index (κ3) is 4.34. The summed E-state index contributed by atoms with van der Waals surface area (Å²) in [5.74, 6) is -0.00796. The van der Waals surface area contributed by atoms with Crippen molar-refractivity contribution < 1.29 is 21.4 Å². The summed E-state index contributed by atoms with van der Waals surface area (Å²) in [6.45, 7) is 1.64. The molecule has 2 aromatic heterocycles. The summed E-state index contributed by atoms with van der Waals surface area (Å²) in [4.78, 5) is 27.7. The SMILES string of the molecule is [2H]C([2H])(Oc1nc(N2CC3CCC2CN3)c2ccn(-c3cc(O)cc4ccc(F)c(CC)c34)c(=O)c2n1)[C@@]12CCCN1C[C@H](F)C2. The smallest absolute Gasteiger partial charge is 0.319 e. The van der Waals surface area contributed by atoms with Crippen LogP contribution in [-0.2, 0) is 6.42 Å². The van der Waals surface area contributed by atoms with E-state index in [0.717, 1.165) is 25.8 Å². The maximum Gasteiger partial charge on any atom is 0.319 e. The molecule has 2 aromatic carbocycles. The molecule has 9 rings (SSSR count). The zero-order valence-corrected chi connectivity index (χ0v) is 24.5. The number of alkyl halides is 1. The van der Waals surface area contributed by atoms with Crippen molar-refractivity contribution >= 4 is 27.5 Å². The minimum absolute atomic E-state index is 0.00854. The summed E-state index contributed by atoms with van der Waals surface area (Å²) >= 11 is 0. The first-order chi connectivity index (χ1) is 22.1. The number of ether oxygens (including phenoxy) is 1. The van der Waals surface area contributed by atoms with E-state index in [4.69, 9.17) is 12.5 Å². The van der Waals surface area contributed by atoms with Crippen LogP contribution in [0.2, 0.25) is 0 Å². The molecule has 0 saturated carbocycles. The van der Waals surface area contributed by atoms with Gasteiger partial charge >= 0.3 is 6.01 Å². The van der Waals surface area contributed by atoms with Gasteiger partial charge in [0.15, 0.2) is 0 Å². The first kappa shape index (κ1) is 25.5. The molecule has 9 nitrogen and oxygen atoms in total. The number of fused-ring (bicyclic) bond motifs is 6. The predicted octanol–water partition coefficient (Wildman–Crippen LogP) is 4.24. The Labute approximate surface area is 256 Å². The second-order valence-electron chi connectivity index (χ2n) is 12.6. The Balaban J connectivity index is 1.32. The molecular weight excluding hydrogens is 566 g/mol. The van der Waals surface area contributed by atoms with E-state index in [0.29, 0.717) is 59.2 Å². The first-order valence-corrected chi connectivity index (χ1v) is 15.5. The van der Waals surface area contributed by atoms with E-state index in [1.54, 1.807) is 18.3 Å². The van der Waals surface area contributed by atoms with Gasteiger partial charge in [-0.15, -0.1) is 0 Å². The van der Waals surface area contributed by atoms with E-state index in [-0.39, 0.29) is 42.3 Å². The summed E-state index contributed by atoms with van der Waals surface area (Å²) in [5.41, 5.74) is -0.973. The minimum atomic E-state index is -2.33. The topological polar surface area (TPSA) is 95.8 Å². The summed E-state index contributed by atoms with van der Waals surface area (Å²) in [5, 5.41) is 15.7. The molecule has 44 heavy (non-hydrogen) atoms. The Hall–Kier alpha value is -3.83. The fourth-order valence-corrected chi connectivity index (χ4v) is 7.92. The third-order valence-corrected chi connectivity index (χ3v) is 10.0. The Morgan fingerprint density at radius 2 is 2.11 bits per heavy atom. The molecule has 5 fully saturated rings. The van der Waals surface area contributed by atoms with Gasteiger partial charge in [-0.3, -0.25) is 14.3 Å². The molecule has 2 unspecified atom stereocenters. The van der Waals surface area contributed by atoms with Gasteiger partial charge in [0.25, 0.3) is 5.56 Å².